The molecule has 0 aliphatic heterocycles. The van der Waals surface area contributed by atoms with Crippen LogP contribution in [0.2, 0.25) is 0 Å². The molecule has 0 aliphatic rings. The van der Waals surface area contributed by atoms with Crippen molar-refractivity contribution in [2.75, 3.05) is 57.3 Å². The van der Waals surface area contributed by atoms with Crippen molar-refractivity contribution in [1.82, 2.24) is 9.80 Å². The summed E-state index contributed by atoms with van der Waals surface area (Å²) in [4.78, 5) is 7.51. The Labute approximate surface area is 131 Å². The number of likely N-dealkylation sites (N-methyl/N-ethyl adjacent to an activating group) is 2. The third kappa shape index (κ3) is 6.49. The van der Waals surface area contributed by atoms with Gasteiger partial charge >= 0.3 is 0 Å². The first-order chi connectivity index (χ1) is 10.2. The number of benzene rings is 1. The van der Waals surface area contributed by atoms with Crippen LogP contribution in [0.3, 0.4) is 0 Å². The molecule has 0 spiro atoms. The van der Waals surface area contributed by atoms with Crippen LogP contribution < -0.4 is 4.90 Å². The van der Waals surface area contributed by atoms with E-state index in [4.69, 9.17) is 0 Å². The van der Waals surface area contributed by atoms with Crippen molar-refractivity contribution in [2.24, 2.45) is 0 Å². The maximum Gasteiger partial charge on any atom is 0.0367 e. The molecule has 0 unspecified atom stereocenters. The van der Waals surface area contributed by atoms with Crippen LogP contribution in [0.15, 0.2) is 30.3 Å². The van der Waals surface area contributed by atoms with Gasteiger partial charge in [0.25, 0.3) is 0 Å². The van der Waals surface area contributed by atoms with Crippen molar-refractivity contribution >= 4 is 5.69 Å². The van der Waals surface area contributed by atoms with Crippen LogP contribution in [0.1, 0.15) is 27.7 Å². The molecule has 0 aromatic heterocycles. The third-order valence-corrected chi connectivity index (χ3v) is 4.28. The van der Waals surface area contributed by atoms with Gasteiger partial charge in [-0.3, -0.25) is 0 Å². The Balaban J connectivity index is 2.62. The van der Waals surface area contributed by atoms with Crippen LogP contribution in [-0.4, -0.2) is 62.2 Å². The van der Waals surface area contributed by atoms with Crippen LogP contribution in [-0.2, 0) is 0 Å². The SMILES string of the molecule is CCN(CC)CCN(CCN(CC)CC)c1ccccc1. The van der Waals surface area contributed by atoms with Gasteiger partial charge in [0.15, 0.2) is 0 Å². The lowest BCUT2D eigenvalue weighted by Gasteiger charge is -2.30. The fourth-order valence-corrected chi connectivity index (χ4v) is 2.61. The highest BCUT2D eigenvalue weighted by molar-refractivity contribution is 5.45. The van der Waals surface area contributed by atoms with Gasteiger partial charge in [0.2, 0.25) is 0 Å². The minimum atomic E-state index is 1.10. The van der Waals surface area contributed by atoms with Crippen LogP contribution in [0.25, 0.3) is 0 Å². The van der Waals surface area contributed by atoms with Gasteiger partial charge in [-0.15, -0.1) is 0 Å². The quantitative estimate of drug-likeness (QED) is 0.620. The second-order valence-electron chi connectivity index (χ2n) is 5.38. The summed E-state index contributed by atoms with van der Waals surface area (Å²) >= 11 is 0. The van der Waals surface area contributed by atoms with Gasteiger partial charge in [0.1, 0.15) is 0 Å². The lowest BCUT2D eigenvalue weighted by Crippen LogP contribution is -2.39. The van der Waals surface area contributed by atoms with Crippen molar-refractivity contribution in [3.05, 3.63) is 30.3 Å². The van der Waals surface area contributed by atoms with Crippen molar-refractivity contribution in [2.45, 2.75) is 27.7 Å². The molecule has 1 aromatic rings. The Bertz CT molecular complexity index is 329. The molecule has 120 valence electrons. The van der Waals surface area contributed by atoms with Crippen molar-refractivity contribution in [3.63, 3.8) is 0 Å². The van der Waals surface area contributed by atoms with E-state index in [1.54, 1.807) is 0 Å². The van der Waals surface area contributed by atoms with E-state index in [0.717, 1.165) is 52.4 Å². The summed E-state index contributed by atoms with van der Waals surface area (Å²) < 4.78 is 0. The predicted octanol–water partition coefficient (Wildman–Crippen LogP) is 3.18. The molecule has 0 fully saturated rings. The topological polar surface area (TPSA) is 9.72 Å². The lowest BCUT2D eigenvalue weighted by atomic mass is 10.2. The normalized spacial score (nSPS) is 11.3. The minimum absolute atomic E-state index is 1.10. The molecule has 0 bridgehead atoms. The number of nitrogens with zero attached hydrogens (tertiary/aromatic N) is 3. The Hall–Kier alpha value is -1.06. The first-order valence-corrected chi connectivity index (χ1v) is 8.49. The number of para-hydroxylation sites is 1. The Morgan fingerprint density at radius 3 is 1.43 bits per heavy atom. The van der Waals surface area contributed by atoms with E-state index in [9.17, 15) is 0 Å². The molecule has 3 nitrogen and oxygen atoms in total. The number of hydrogen-bond acceptors (Lipinski definition) is 3. The first kappa shape index (κ1) is 18.0. The van der Waals surface area contributed by atoms with Crippen LogP contribution in [0.4, 0.5) is 5.69 Å². The smallest absolute Gasteiger partial charge is 0.0367 e. The summed E-state index contributed by atoms with van der Waals surface area (Å²) in [5.41, 5.74) is 1.34. The molecule has 0 atom stereocenters. The zero-order chi connectivity index (χ0) is 15.5. The molecule has 0 radical (unpaired) electrons. The highest BCUT2D eigenvalue weighted by Crippen LogP contribution is 2.13. The molecule has 1 aromatic carbocycles. The second kappa shape index (κ2) is 10.6. The number of anilines is 1. The van der Waals surface area contributed by atoms with Crippen molar-refractivity contribution in [3.8, 4) is 0 Å². The lowest BCUT2D eigenvalue weighted by molar-refractivity contribution is 0.294. The molecule has 21 heavy (non-hydrogen) atoms. The summed E-state index contributed by atoms with van der Waals surface area (Å²) in [5.74, 6) is 0. The molecule has 0 aliphatic carbocycles. The van der Waals surface area contributed by atoms with E-state index in [-0.39, 0.29) is 0 Å². The highest BCUT2D eigenvalue weighted by atomic mass is 15.2. The van der Waals surface area contributed by atoms with Gasteiger partial charge in [-0.2, -0.15) is 0 Å². The summed E-state index contributed by atoms with van der Waals surface area (Å²) in [6.07, 6.45) is 0. The Morgan fingerprint density at radius 2 is 1.05 bits per heavy atom. The molecular formula is C18H33N3. The van der Waals surface area contributed by atoms with Crippen LogP contribution in [0, 0.1) is 0 Å². The van der Waals surface area contributed by atoms with Gasteiger partial charge < -0.3 is 14.7 Å². The molecule has 3 heteroatoms. The molecule has 0 N–H and O–H groups in total. The zero-order valence-electron chi connectivity index (χ0n) is 14.4. The monoisotopic (exact) mass is 291 g/mol. The summed E-state index contributed by atoms with van der Waals surface area (Å²) in [5, 5.41) is 0. The second-order valence-corrected chi connectivity index (χ2v) is 5.38. The summed E-state index contributed by atoms with van der Waals surface area (Å²) in [7, 11) is 0. The standard InChI is InChI=1S/C18H33N3/c1-5-19(6-2)14-16-21(17-15-20(7-3)8-4)18-12-10-9-11-13-18/h9-13H,5-8,14-17H2,1-4H3. The molecule has 0 saturated carbocycles. The minimum Gasteiger partial charge on any atom is -0.369 e. The van der Waals surface area contributed by atoms with Crippen LogP contribution in [0.5, 0.6) is 0 Å². The van der Waals surface area contributed by atoms with E-state index in [1.807, 2.05) is 0 Å². The largest absolute Gasteiger partial charge is 0.369 e. The Kier molecular flexibility index (Phi) is 9.11. The molecule has 0 amide bonds. The maximum absolute atomic E-state index is 2.52. The summed E-state index contributed by atoms with van der Waals surface area (Å²) in [6.45, 7) is 18.0. The predicted molar refractivity (Wildman–Crippen MR) is 94.2 cm³/mol. The van der Waals surface area contributed by atoms with Gasteiger partial charge in [-0.1, -0.05) is 45.9 Å². The van der Waals surface area contributed by atoms with Gasteiger partial charge in [-0.25, -0.2) is 0 Å². The first-order valence-electron chi connectivity index (χ1n) is 8.49. The fourth-order valence-electron chi connectivity index (χ4n) is 2.61. The van der Waals surface area contributed by atoms with Crippen molar-refractivity contribution < 1.29 is 0 Å². The Morgan fingerprint density at radius 1 is 0.619 bits per heavy atom. The zero-order valence-corrected chi connectivity index (χ0v) is 14.4. The van der Waals surface area contributed by atoms with E-state index in [0.29, 0.717) is 0 Å². The van der Waals surface area contributed by atoms with E-state index < -0.39 is 0 Å². The van der Waals surface area contributed by atoms with E-state index in [2.05, 4.69) is 72.7 Å². The van der Waals surface area contributed by atoms with E-state index >= 15 is 0 Å². The average Bonchev–Trinajstić information content (AvgIpc) is 2.55. The average molecular weight is 291 g/mol. The molecular weight excluding hydrogens is 258 g/mol. The molecule has 1 rings (SSSR count). The van der Waals surface area contributed by atoms with Gasteiger partial charge in [0, 0.05) is 31.9 Å². The van der Waals surface area contributed by atoms with Gasteiger partial charge in [-0.05, 0) is 38.3 Å². The van der Waals surface area contributed by atoms with Crippen molar-refractivity contribution in [1.29, 1.82) is 0 Å². The molecule has 0 heterocycles. The van der Waals surface area contributed by atoms with Crippen LogP contribution >= 0.6 is 0 Å². The molecule has 0 saturated heterocycles. The maximum atomic E-state index is 2.52. The summed E-state index contributed by atoms with van der Waals surface area (Å²) in [6, 6.07) is 10.8. The number of rotatable bonds is 11. The fraction of sp³-hybridized carbons (Fsp3) is 0.667. The van der Waals surface area contributed by atoms with E-state index in [1.165, 1.54) is 5.69 Å². The third-order valence-electron chi connectivity index (χ3n) is 4.28. The number of hydrogen-bond donors (Lipinski definition) is 0. The van der Waals surface area contributed by atoms with Gasteiger partial charge in [0.05, 0.1) is 0 Å². The highest BCUT2D eigenvalue weighted by Gasteiger charge is 2.09.